The molecule has 1 aromatic carbocycles. The van der Waals surface area contributed by atoms with Crippen LogP contribution < -0.4 is 0 Å². The van der Waals surface area contributed by atoms with E-state index in [9.17, 15) is 4.39 Å². The molecule has 0 spiro atoms. The van der Waals surface area contributed by atoms with Gasteiger partial charge in [-0.05, 0) is 56.1 Å². The highest BCUT2D eigenvalue weighted by Crippen LogP contribution is 2.19. The average molecular weight is 232 g/mol. The Kier molecular flexibility index (Phi) is 3.75. The SMILES string of the molecule is Cc1cc(F)ccc1CN1CCC(C#N)CC1. The maximum atomic E-state index is 13.0. The molecule has 0 radical (unpaired) electrons. The molecule has 0 saturated carbocycles. The lowest BCUT2D eigenvalue weighted by atomic mass is 9.98. The van der Waals surface area contributed by atoms with E-state index < -0.39 is 0 Å². The number of likely N-dealkylation sites (tertiary alicyclic amines) is 1. The third-order valence-electron chi connectivity index (χ3n) is 3.47. The number of halogens is 1. The first-order valence-electron chi connectivity index (χ1n) is 6.06. The fraction of sp³-hybridized carbons (Fsp3) is 0.500. The quantitative estimate of drug-likeness (QED) is 0.784. The number of rotatable bonds is 2. The Hall–Kier alpha value is -1.40. The minimum absolute atomic E-state index is 0.172. The van der Waals surface area contributed by atoms with Crippen LogP contribution in [0.1, 0.15) is 24.0 Å². The van der Waals surface area contributed by atoms with Gasteiger partial charge >= 0.3 is 0 Å². The Labute approximate surface area is 102 Å². The van der Waals surface area contributed by atoms with E-state index in [1.807, 2.05) is 13.0 Å². The number of piperidine rings is 1. The van der Waals surface area contributed by atoms with Crippen molar-refractivity contribution in [1.29, 1.82) is 5.26 Å². The molecule has 2 nitrogen and oxygen atoms in total. The molecule has 0 N–H and O–H groups in total. The first-order valence-corrected chi connectivity index (χ1v) is 6.06. The predicted octanol–water partition coefficient (Wildman–Crippen LogP) is 2.87. The summed E-state index contributed by atoms with van der Waals surface area (Å²) in [6, 6.07) is 7.29. The lowest BCUT2D eigenvalue weighted by molar-refractivity contribution is 0.198. The van der Waals surface area contributed by atoms with Crippen molar-refractivity contribution in [2.45, 2.75) is 26.3 Å². The average Bonchev–Trinajstić information content (AvgIpc) is 2.34. The molecule has 1 aliphatic rings. The minimum atomic E-state index is -0.172. The van der Waals surface area contributed by atoms with Crippen molar-refractivity contribution < 1.29 is 4.39 Å². The summed E-state index contributed by atoms with van der Waals surface area (Å²) in [4.78, 5) is 2.34. The summed E-state index contributed by atoms with van der Waals surface area (Å²) >= 11 is 0. The fourth-order valence-corrected chi connectivity index (χ4v) is 2.30. The van der Waals surface area contributed by atoms with Gasteiger partial charge in [0.25, 0.3) is 0 Å². The molecule has 17 heavy (non-hydrogen) atoms. The van der Waals surface area contributed by atoms with Gasteiger partial charge in [-0.2, -0.15) is 5.26 Å². The molecule has 1 aliphatic heterocycles. The minimum Gasteiger partial charge on any atom is -0.299 e. The largest absolute Gasteiger partial charge is 0.299 e. The zero-order valence-electron chi connectivity index (χ0n) is 10.1. The van der Waals surface area contributed by atoms with Crippen LogP contribution in [0.4, 0.5) is 4.39 Å². The number of benzene rings is 1. The van der Waals surface area contributed by atoms with Crippen molar-refractivity contribution >= 4 is 0 Å². The fourth-order valence-electron chi connectivity index (χ4n) is 2.30. The van der Waals surface area contributed by atoms with Gasteiger partial charge in [-0.15, -0.1) is 0 Å². The van der Waals surface area contributed by atoms with Gasteiger partial charge in [-0.25, -0.2) is 4.39 Å². The van der Waals surface area contributed by atoms with Crippen molar-refractivity contribution in [1.82, 2.24) is 4.90 Å². The Balaban J connectivity index is 1.96. The van der Waals surface area contributed by atoms with E-state index in [2.05, 4.69) is 11.0 Å². The molecule has 0 bridgehead atoms. The van der Waals surface area contributed by atoms with Gasteiger partial charge in [-0.3, -0.25) is 4.90 Å². The van der Waals surface area contributed by atoms with Gasteiger partial charge in [0.15, 0.2) is 0 Å². The summed E-state index contributed by atoms with van der Waals surface area (Å²) in [6.45, 7) is 4.74. The van der Waals surface area contributed by atoms with Crippen LogP contribution in [-0.2, 0) is 6.54 Å². The van der Waals surface area contributed by atoms with Gasteiger partial charge in [0.1, 0.15) is 5.82 Å². The molecule has 1 saturated heterocycles. The monoisotopic (exact) mass is 232 g/mol. The summed E-state index contributed by atoms with van der Waals surface area (Å²) in [5, 5.41) is 8.83. The second-order valence-electron chi connectivity index (χ2n) is 4.75. The highest BCUT2D eigenvalue weighted by molar-refractivity contribution is 5.26. The zero-order chi connectivity index (χ0) is 12.3. The Morgan fingerprint density at radius 2 is 2.12 bits per heavy atom. The summed E-state index contributed by atoms with van der Waals surface area (Å²) in [5.41, 5.74) is 2.19. The summed E-state index contributed by atoms with van der Waals surface area (Å²) in [5.74, 6) is 0.0509. The maximum Gasteiger partial charge on any atom is 0.123 e. The molecular formula is C14H17FN2. The molecule has 3 heteroatoms. The first-order chi connectivity index (χ1) is 8.19. The third-order valence-corrected chi connectivity index (χ3v) is 3.47. The van der Waals surface area contributed by atoms with E-state index in [1.54, 1.807) is 6.07 Å². The van der Waals surface area contributed by atoms with E-state index in [0.717, 1.165) is 38.0 Å². The third kappa shape index (κ3) is 3.04. The number of aryl methyl sites for hydroxylation is 1. The van der Waals surface area contributed by atoms with Crippen molar-refractivity contribution in [3.8, 4) is 6.07 Å². The van der Waals surface area contributed by atoms with Crippen molar-refractivity contribution in [3.63, 3.8) is 0 Å². The predicted molar refractivity (Wildman–Crippen MR) is 64.8 cm³/mol. The van der Waals surface area contributed by atoms with Crippen LogP contribution >= 0.6 is 0 Å². The van der Waals surface area contributed by atoms with Crippen molar-refractivity contribution in [3.05, 3.63) is 35.1 Å². The lowest BCUT2D eigenvalue weighted by Gasteiger charge is -2.29. The highest BCUT2D eigenvalue weighted by Gasteiger charge is 2.18. The molecule has 1 heterocycles. The van der Waals surface area contributed by atoms with Gasteiger partial charge < -0.3 is 0 Å². The molecule has 0 aliphatic carbocycles. The zero-order valence-corrected chi connectivity index (χ0v) is 10.1. The first kappa shape index (κ1) is 12.1. The number of nitrogens with zero attached hydrogens (tertiary/aromatic N) is 2. The summed E-state index contributed by atoms with van der Waals surface area (Å²) in [6.07, 6.45) is 1.91. The van der Waals surface area contributed by atoms with Crippen molar-refractivity contribution in [2.24, 2.45) is 5.92 Å². The summed E-state index contributed by atoms with van der Waals surface area (Å²) < 4.78 is 13.0. The molecule has 0 aromatic heterocycles. The lowest BCUT2D eigenvalue weighted by Crippen LogP contribution is -2.32. The van der Waals surface area contributed by atoms with E-state index >= 15 is 0 Å². The van der Waals surface area contributed by atoms with E-state index in [-0.39, 0.29) is 11.7 Å². The summed E-state index contributed by atoms with van der Waals surface area (Å²) in [7, 11) is 0. The Bertz CT molecular complexity index is 428. The van der Waals surface area contributed by atoms with Crippen LogP contribution in [0.25, 0.3) is 0 Å². The van der Waals surface area contributed by atoms with Crippen LogP contribution in [0.5, 0.6) is 0 Å². The van der Waals surface area contributed by atoms with Gasteiger partial charge in [0.2, 0.25) is 0 Å². The Morgan fingerprint density at radius 1 is 1.41 bits per heavy atom. The number of hydrogen-bond donors (Lipinski definition) is 0. The molecule has 2 rings (SSSR count). The molecule has 0 unspecified atom stereocenters. The highest BCUT2D eigenvalue weighted by atomic mass is 19.1. The number of nitriles is 1. The van der Waals surface area contributed by atoms with E-state index in [1.165, 1.54) is 11.6 Å². The number of hydrogen-bond acceptors (Lipinski definition) is 2. The molecule has 90 valence electrons. The van der Waals surface area contributed by atoms with E-state index in [0.29, 0.717) is 0 Å². The van der Waals surface area contributed by atoms with Crippen LogP contribution in [0.2, 0.25) is 0 Å². The van der Waals surface area contributed by atoms with Crippen molar-refractivity contribution in [2.75, 3.05) is 13.1 Å². The van der Waals surface area contributed by atoms with Crippen LogP contribution in [-0.4, -0.2) is 18.0 Å². The van der Waals surface area contributed by atoms with Gasteiger partial charge in [0, 0.05) is 12.5 Å². The maximum absolute atomic E-state index is 13.0. The molecule has 0 atom stereocenters. The standard InChI is InChI=1S/C14H17FN2/c1-11-8-14(15)3-2-13(11)10-17-6-4-12(9-16)5-7-17/h2-3,8,12H,4-7,10H2,1H3. The van der Waals surface area contributed by atoms with Crippen LogP contribution in [0.15, 0.2) is 18.2 Å². The van der Waals surface area contributed by atoms with Gasteiger partial charge in [-0.1, -0.05) is 6.07 Å². The van der Waals surface area contributed by atoms with Crippen LogP contribution in [0.3, 0.4) is 0 Å². The second kappa shape index (κ2) is 5.29. The molecule has 0 amide bonds. The topological polar surface area (TPSA) is 27.0 Å². The van der Waals surface area contributed by atoms with Gasteiger partial charge in [0.05, 0.1) is 6.07 Å². The second-order valence-corrected chi connectivity index (χ2v) is 4.75. The Morgan fingerprint density at radius 3 is 2.71 bits per heavy atom. The smallest absolute Gasteiger partial charge is 0.123 e. The molecule has 1 aromatic rings. The molecular weight excluding hydrogens is 215 g/mol. The normalized spacial score (nSPS) is 17.9. The molecule has 1 fully saturated rings. The van der Waals surface area contributed by atoms with E-state index in [4.69, 9.17) is 5.26 Å². The van der Waals surface area contributed by atoms with Crippen LogP contribution in [0, 0.1) is 30.0 Å².